The first-order valence-corrected chi connectivity index (χ1v) is 13.2. The van der Waals surface area contributed by atoms with Gasteiger partial charge in [0.1, 0.15) is 0 Å². The molecule has 0 heterocycles. The van der Waals surface area contributed by atoms with Crippen LogP contribution in [0, 0.1) is 52.3 Å². The third-order valence-corrected chi connectivity index (χ3v) is 11.1. The molecule has 4 aliphatic carbocycles. The lowest BCUT2D eigenvalue weighted by molar-refractivity contribution is -0.172. The van der Waals surface area contributed by atoms with Gasteiger partial charge in [-0.1, -0.05) is 46.3 Å². The minimum atomic E-state index is -4.07. The van der Waals surface area contributed by atoms with Gasteiger partial charge in [0.05, 0.1) is 11.5 Å². The van der Waals surface area contributed by atoms with Crippen LogP contribution < -0.4 is 0 Å². The van der Waals surface area contributed by atoms with Gasteiger partial charge < -0.3 is 5.11 Å². The molecule has 4 aliphatic rings. The van der Waals surface area contributed by atoms with Gasteiger partial charge in [0, 0.05) is 0 Å². The first kappa shape index (κ1) is 24.6. The summed E-state index contributed by atoms with van der Waals surface area (Å²) in [5.74, 6) is 2.28. The van der Waals surface area contributed by atoms with Gasteiger partial charge in [-0.3, -0.25) is 0 Å². The van der Waals surface area contributed by atoms with E-state index in [1.165, 1.54) is 38.2 Å². The SMILES string of the molecule is CC1C=C2C[C@@](C)(O)CCC2(C)C2CC[C@@]3(C)C(CC[C@@H]3C(C)CCC(C)C(F)(F)F)[C@H]12. The van der Waals surface area contributed by atoms with E-state index in [9.17, 15) is 18.3 Å². The van der Waals surface area contributed by atoms with Crippen molar-refractivity contribution in [3.8, 4) is 0 Å². The molecule has 3 saturated carbocycles. The number of alkyl halides is 3. The summed E-state index contributed by atoms with van der Waals surface area (Å²) in [4.78, 5) is 0. The summed E-state index contributed by atoms with van der Waals surface area (Å²) in [5, 5.41) is 10.7. The Kier molecular flexibility index (Phi) is 6.17. The minimum absolute atomic E-state index is 0.215. The Morgan fingerprint density at radius 3 is 2.34 bits per heavy atom. The zero-order chi connectivity index (χ0) is 23.7. The number of allylic oxidation sites excluding steroid dienone is 1. The van der Waals surface area contributed by atoms with Crippen molar-refractivity contribution < 1.29 is 18.3 Å². The highest BCUT2D eigenvalue weighted by Gasteiger charge is 2.61. The van der Waals surface area contributed by atoms with Crippen LogP contribution in [0.15, 0.2) is 11.6 Å². The Morgan fingerprint density at radius 1 is 1.00 bits per heavy atom. The van der Waals surface area contributed by atoms with Gasteiger partial charge in [0.15, 0.2) is 0 Å². The topological polar surface area (TPSA) is 20.2 Å². The maximum atomic E-state index is 13.0. The van der Waals surface area contributed by atoms with E-state index < -0.39 is 17.7 Å². The standard InChI is InChI=1S/C28H45F3O/c1-17(7-8-19(3)28(29,30)31)21-9-10-22-24-18(2)15-20-16-25(4,32)13-14-26(20,5)23(24)11-12-27(21,22)6/h15,17-19,21-24,32H,7-14,16H2,1-6H3/t17?,18?,19?,21-,22?,23?,24+,25+,26?,27-/m1/s1. The largest absolute Gasteiger partial charge is 0.391 e. The van der Waals surface area contributed by atoms with E-state index in [0.717, 1.165) is 19.3 Å². The van der Waals surface area contributed by atoms with Crippen molar-refractivity contribution in [3.05, 3.63) is 11.6 Å². The summed E-state index contributed by atoms with van der Waals surface area (Å²) in [7, 11) is 0. The average Bonchev–Trinajstić information content (AvgIpc) is 3.03. The molecule has 0 aromatic carbocycles. The van der Waals surface area contributed by atoms with Crippen LogP contribution >= 0.6 is 0 Å². The lowest BCUT2D eigenvalue weighted by atomic mass is 9.44. The van der Waals surface area contributed by atoms with Crippen molar-refractivity contribution >= 4 is 0 Å². The summed E-state index contributed by atoms with van der Waals surface area (Å²) >= 11 is 0. The molecule has 0 spiro atoms. The molecule has 1 nitrogen and oxygen atoms in total. The molecular formula is C28H45F3O. The van der Waals surface area contributed by atoms with E-state index in [2.05, 4.69) is 33.8 Å². The van der Waals surface area contributed by atoms with Gasteiger partial charge in [-0.15, -0.1) is 0 Å². The molecular weight excluding hydrogens is 409 g/mol. The number of fused-ring (bicyclic) bond motifs is 5. The van der Waals surface area contributed by atoms with Gasteiger partial charge >= 0.3 is 6.18 Å². The van der Waals surface area contributed by atoms with Crippen LogP contribution in [0.5, 0.6) is 0 Å². The molecule has 6 unspecified atom stereocenters. The molecule has 0 aromatic rings. The zero-order valence-electron chi connectivity index (χ0n) is 21.1. The first-order valence-electron chi connectivity index (χ1n) is 13.2. The number of aliphatic hydroxyl groups is 1. The van der Waals surface area contributed by atoms with Crippen LogP contribution in [0.2, 0.25) is 0 Å². The van der Waals surface area contributed by atoms with Crippen molar-refractivity contribution in [1.29, 1.82) is 0 Å². The molecule has 4 rings (SSSR count). The third kappa shape index (κ3) is 3.99. The number of rotatable bonds is 4. The van der Waals surface area contributed by atoms with E-state index in [-0.39, 0.29) is 17.3 Å². The maximum Gasteiger partial charge on any atom is 0.391 e. The fourth-order valence-corrected chi connectivity index (χ4v) is 9.02. The quantitative estimate of drug-likeness (QED) is 0.425. The molecule has 4 heteroatoms. The minimum Gasteiger partial charge on any atom is -0.390 e. The normalized spacial score (nSPS) is 48.3. The van der Waals surface area contributed by atoms with Gasteiger partial charge in [-0.05, 0) is 111 Å². The van der Waals surface area contributed by atoms with Crippen molar-refractivity contribution in [1.82, 2.24) is 0 Å². The summed E-state index contributed by atoms with van der Waals surface area (Å²) < 4.78 is 39.1. The summed E-state index contributed by atoms with van der Waals surface area (Å²) in [6.07, 6.45) is 7.05. The summed E-state index contributed by atoms with van der Waals surface area (Å²) in [6, 6.07) is 0. The maximum absolute atomic E-state index is 13.0. The first-order chi connectivity index (χ1) is 14.7. The molecule has 0 saturated heterocycles. The molecule has 3 fully saturated rings. The smallest absolute Gasteiger partial charge is 0.390 e. The van der Waals surface area contributed by atoms with E-state index in [0.29, 0.717) is 41.9 Å². The van der Waals surface area contributed by atoms with Crippen molar-refractivity contribution in [2.75, 3.05) is 0 Å². The molecule has 0 radical (unpaired) electrons. The molecule has 0 aliphatic heterocycles. The Hall–Kier alpha value is -0.510. The molecule has 32 heavy (non-hydrogen) atoms. The second kappa shape index (κ2) is 8.02. The number of hydrogen-bond donors (Lipinski definition) is 1. The highest BCUT2D eigenvalue weighted by Crippen LogP contribution is 2.68. The molecule has 1 N–H and O–H groups in total. The molecule has 184 valence electrons. The number of hydrogen-bond acceptors (Lipinski definition) is 1. The van der Waals surface area contributed by atoms with Crippen LogP contribution in [0.3, 0.4) is 0 Å². The molecule has 0 amide bonds. The fourth-order valence-electron chi connectivity index (χ4n) is 9.02. The van der Waals surface area contributed by atoms with Crippen molar-refractivity contribution in [2.24, 2.45) is 52.3 Å². The van der Waals surface area contributed by atoms with E-state index >= 15 is 0 Å². The Bertz CT molecular complexity index is 739. The predicted molar refractivity (Wildman–Crippen MR) is 124 cm³/mol. The van der Waals surface area contributed by atoms with Crippen LogP contribution in [-0.4, -0.2) is 16.9 Å². The van der Waals surface area contributed by atoms with E-state index in [1.807, 2.05) is 6.92 Å². The Balaban J connectivity index is 1.53. The van der Waals surface area contributed by atoms with Gasteiger partial charge in [-0.2, -0.15) is 13.2 Å². The highest BCUT2D eigenvalue weighted by molar-refractivity contribution is 5.28. The Labute approximate surface area is 193 Å². The summed E-state index contributed by atoms with van der Waals surface area (Å²) in [6.45, 7) is 12.9. The van der Waals surface area contributed by atoms with Gasteiger partial charge in [-0.25, -0.2) is 0 Å². The lowest BCUT2D eigenvalue weighted by Crippen LogP contribution is -2.54. The van der Waals surface area contributed by atoms with Crippen molar-refractivity contribution in [3.63, 3.8) is 0 Å². The average molecular weight is 455 g/mol. The van der Waals surface area contributed by atoms with Crippen LogP contribution in [0.1, 0.15) is 99.3 Å². The lowest BCUT2D eigenvalue weighted by Gasteiger charge is -2.60. The molecule has 10 atom stereocenters. The van der Waals surface area contributed by atoms with Crippen LogP contribution in [0.4, 0.5) is 13.2 Å². The summed E-state index contributed by atoms with van der Waals surface area (Å²) in [5.41, 5.74) is 1.41. The predicted octanol–water partition coefficient (Wildman–Crippen LogP) is 8.18. The van der Waals surface area contributed by atoms with Crippen LogP contribution in [-0.2, 0) is 0 Å². The third-order valence-electron chi connectivity index (χ3n) is 11.1. The zero-order valence-corrected chi connectivity index (χ0v) is 21.1. The van der Waals surface area contributed by atoms with Gasteiger partial charge in [0.25, 0.3) is 0 Å². The number of halogens is 3. The fraction of sp³-hybridized carbons (Fsp3) is 0.929. The monoisotopic (exact) mass is 454 g/mol. The van der Waals surface area contributed by atoms with Gasteiger partial charge in [0.2, 0.25) is 0 Å². The van der Waals surface area contributed by atoms with Crippen LogP contribution in [0.25, 0.3) is 0 Å². The highest BCUT2D eigenvalue weighted by atomic mass is 19.4. The second-order valence-electron chi connectivity index (χ2n) is 13.2. The second-order valence-corrected chi connectivity index (χ2v) is 13.2. The van der Waals surface area contributed by atoms with Crippen molar-refractivity contribution in [2.45, 2.75) is 111 Å². The van der Waals surface area contributed by atoms with E-state index in [1.54, 1.807) is 0 Å². The molecule has 0 bridgehead atoms. The van der Waals surface area contributed by atoms with E-state index in [4.69, 9.17) is 0 Å². The molecule has 0 aromatic heterocycles. The Morgan fingerprint density at radius 2 is 1.69 bits per heavy atom.